The zero-order chi connectivity index (χ0) is 14.0. The van der Waals surface area contributed by atoms with E-state index in [0.717, 1.165) is 8.95 Å². The maximum atomic E-state index is 12.4. The van der Waals surface area contributed by atoms with E-state index in [-0.39, 0.29) is 5.78 Å². The standard InChI is InChI=1S/C14H9Br2ClO2/c1-19-13-6-8(2-3-12(13)17)14(18)9-4-10(15)7-11(16)5-9/h2-7H,1H3. The third-order valence-electron chi connectivity index (χ3n) is 2.54. The molecule has 98 valence electrons. The molecule has 0 aliphatic carbocycles. The van der Waals surface area contributed by atoms with Gasteiger partial charge >= 0.3 is 0 Å². The highest BCUT2D eigenvalue weighted by atomic mass is 79.9. The number of benzene rings is 2. The fraction of sp³-hybridized carbons (Fsp3) is 0.0714. The average Bonchev–Trinajstić information content (AvgIpc) is 2.37. The van der Waals surface area contributed by atoms with Gasteiger partial charge in [-0.1, -0.05) is 43.5 Å². The minimum Gasteiger partial charge on any atom is -0.495 e. The first-order valence-corrected chi connectivity index (χ1v) is 7.32. The second kappa shape index (κ2) is 6.07. The summed E-state index contributed by atoms with van der Waals surface area (Å²) in [5.74, 6) is 0.401. The van der Waals surface area contributed by atoms with Crippen molar-refractivity contribution in [3.8, 4) is 5.75 Å². The molecule has 0 N–H and O–H groups in total. The number of halogens is 3. The van der Waals surface area contributed by atoms with Crippen LogP contribution in [0.3, 0.4) is 0 Å². The summed E-state index contributed by atoms with van der Waals surface area (Å²) in [6.45, 7) is 0. The number of hydrogen-bond donors (Lipinski definition) is 0. The van der Waals surface area contributed by atoms with Crippen LogP contribution in [-0.4, -0.2) is 12.9 Å². The second-order valence-corrected chi connectivity index (χ2v) is 6.08. The van der Waals surface area contributed by atoms with E-state index in [1.165, 1.54) is 7.11 Å². The first-order valence-electron chi connectivity index (χ1n) is 5.35. The quantitative estimate of drug-likeness (QED) is 0.665. The summed E-state index contributed by atoms with van der Waals surface area (Å²) in [6, 6.07) is 10.4. The van der Waals surface area contributed by atoms with Crippen molar-refractivity contribution < 1.29 is 9.53 Å². The van der Waals surface area contributed by atoms with Crippen LogP contribution in [0.25, 0.3) is 0 Å². The predicted octanol–water partition coefficient (Wildman–Crippen LogP) is 5.10. The minimum absolute atomic E-state index is 0.0861. The van der Waals surface area contributed by atoms with Crippen LogP contribution in [0.5, 0.6) is 5.75 Å². The summed E-state index contributed by atoms with van der Waals surface area (Å²) in [5.41, 5.74) is 1.12. The molecule has 0 fully saturated rings. The van der Waals surface area contributed by atoms with Gasteiger partial charge in [-0.2, -0.15) is 0 Å². The van der Waals surface area contributed by atoms with Crippen molar-refractivity contribution in [1.29, 1.82) is 0 Å². The number of carbonyl (C=O) groups is 1. The van der Waals surface area contributed by atoms with E-state index in [4.69, 9.17) is 16.3 Å². The van der Waals surface area contributed by atoms with Crippen molar-refractivity contribution in [2.45, 2.75) is 0 Å². The Labute approximate surface area is 133 Å². The molecule has 0 bridgehead atoms. The Hall–Kier alpha value is -0.840. The maximum Gasteiger partial charge on any atom is 0.193 e. The molecule has 0 saturated heterocycles. The van der Waals surface area contributed by atoms with Crippen LogP contribution in [0.15, 0.2) is 45.3 Å². The predicted molar refractivity (Wildman–Crippen MR) is 83.3 cm³/mol. The highest BCUT2D eigenvalue weighted by Gasteiger charge is 2.13. The Balaban J connectivity index is 2.43. The molecule has 19 heavy (non-hydrogen) atoms. The molecular weight excluding hydrogens is 395 g/mol. The van der Waals surface area contributed by atoms with Gasteiger partial charge in [-0.25, -0.2) is 0 Å². The molecule has 0 amide bonds. The molecule has 0 radical (unpaired) electrons. The van der Waals surface area contributed by atoms with Crippen LogP contribution in [0.2, 0.25) is 5.02 Å². The van der Waals surface area contributed by atoms with Crippen LogP contribution in [0, 0.1) is 0 Å². The Morgan fingerprint density at radius 1 is 1.05 bits per heavy atom. The van der Waals surface area contributed by atoms with Crippen LogP contribution in [0.1, 0.15) is 15.9 Å². The Morgan fingerprint density at radius 2 is 1.68 bits per heavy atom. The molecule has 0 aliphatic heterocycles. The fourth-order valence-corrected chi connectivity index (χ4v) is 3.14. The van der Waals surface area contributed by atoms with E-state index in [0.29, 0.717) is 21.9 Å². The van der Waals surface area contributed by atoms with Crippen LogP contribution >= 0.6 is 43.5 Å². The van der Waals surface area contributed by atoms with Crippen molar-refractivity contribution in [2.75, 3.05) is 7.11 Å². The third-order valence-corrected chi connectivity index (χ3v) is 3.77. The summed E-state index contributed by atoms with van der Waals surface area (Å²) in [7, 11) is 1.52. The van der Waals surface area contributed by atoms with Gasteiger partial charge in [-0.15, -0.1) is 0 Å². The van der Waals surface area contributed by atoms with Gasteiger partial charge in [0.2, 0.25) is 0 Å². The molecule has 0 atom stereocenters. The molecule has 0 unspecified atom stereocenters. The molecule has 2 nitrogen and oxygen atoms in total. The van der Waals surface area contributed by atoms with Crippen LogP contribution in [-0.2, 0) is 0 Å². The van der Waals surface area contributed by atoms with Crippen molar-refractivity contribution >= 4 is 49.2 Å². The van der Waals surface area contributed by atoms with E-state index >= 15 is 0 Å². The van der Waals surface area contributed by atoms with Gasteiger partial charge in [0.25, 0.3) is 0 Å². The Bertz CT molecular complexity index is 621. The number of carbonyl (C=O) groups excluding carboxylic acids is 1. The van der Waals surface area contributed by atoms with Gasteiger partial charge in [0.05, 0.1) is 12.1 Å². The normalized spacial score (nSPS) is 10.3. The highest BCUT2D eigenvalue weighted by Crippen LogP contribution is 2.27. The topological polar surface area (TPSA) is 26.3 Å². The van der Waals surface area contributed by atoms with Gasteiger partial charge in [0.1, 0.15) is 5.75 Å². The van der Waals surface area contributed by atoms with E-state index in [1.54, 1.807) is 30.3 Å². The molecule has 2 aromatic carbocycles. The number of ketones is 1. The zero-order valence-corrected chi connectivity index (χ0v) is 13.8. The lowest BCUT2D eigenvalue weighted by Crippen LogP contribution is -2.02. The van der Waals surface area contributed by atoms with Crippen molar-refractivity contribution in [3.63, 3.8) is 0 Å². The molecule has 0 spiro atoms. The lowest BCUT2D eigenvalue weighted by molar-refractivity contribution is 0.103. The Morgan fingerprint density at radius 3 is 2.26 bits per heavy atom. The molecule has 0 aromatic heterocycles. The van der Waals surface area contributed by atoms with E-state index in [1.807, 2.05) is 6.07 Å². The highest BCUT2D eigenvalue weighted by molar-refractivity contribution is 9.11. The first kappa shape index (κ1) is 14.6. The molecule has 0 saturated carbocycles. The van der Waals surface area contributed by atoms with Crippen molar-refractivity contribution in [3.05, 3.63) is 61.5 Å². The average molecular weight is 404 g/mol. The van der Waals surface area contributed by atoms with Crippen molar-refractivity contribution in [2.24, 2.45) is 0 Å². The number of ether oxygens (including phenoxy) is 1. The second-order valence-electron chi connectivity index (χ2n) is 3.84. The van der Waals surface area contributed by atoms with Crippen LogP contribution < -0.4 is 4.74 Å². The molecule has 0 heterocycles. The van der Waals surface area contributed by atoms with Gasteiger partial charge in [0, 0.05) is 20.1 Å². The molecule has 2 aromatic rings. The lowest BCUT2D eigenvalue weighted by Gasteiger charge is -2.07. The van der Waals surface area contributed by atoms with E-state index in [9.17, 15) is 4.79 Å². The zero-order valence-electron chi connectivity index (χ0n) is 9.91. The smallest absolute Gasteiger partial charge is 0.193 e. The van der Waals surface area contributed by atoms with E-state index < -0.39 is 0 Å². The minimum atomic E-state index is -0.0861. The largest absolute Gasteiger partial charge is 0.495 e. The first-order chi connectivity index (χ1) is 9.01. The molecule has 2 rings (SSSR count). The summed E-state index contributed by atoms with van der Waals surface area (Å²) in [6.07, 6.45) is 0. The maximum absolute atomic E-state index is 12.4. The summed E-state index contributed by atoms with van der Waals surface area (Å²) in [5, 5.41) is 0.481. The van der Waals surface area contributed by atoms with Gasteiger partial charge in [-0.05, 0) is 36.4 Å². The molecule has 5 heteroatoms. The fourth-order valence-electron chi connectivity index (χ4n) is 1.65. The molecule has 0 aliphatic rings. The summed E-state index contributed by atoms with van der Waals surface area (Å²) >= 11 is 12.7. The van der Waals surface area contributed by atoms with Gasteiger partial charge < -0.3 is 4.74 Å². The number of hydrogen-bond acceptors (Lipinski definition) is 2. The van der Waals surface area contributed by atoms with E-state index in [2.05, 4.69) is 31.9 Å². The van der Waals surface area contributed by atoms with Crippen LogP contribution in [0.4, 0.5) is 0 Å². The lowest BCUT2D eigenvalue weighted by atomic mass is 10.0. The third kappa shape index (κ3) is 3.38. The number of methoxy groups -OCH3 is 1. The SMILES string of the molecule is COc1cc(C(=O)c2cc(Br)cc(Br)c2)ccc1Cl. The molecular formula is C14H9Br2ClO2. The van der Waals surface area contributed by atoms with Gasteiger partial charge in [0.15, 0.2) is 5.78 Å². The van der Waals surface area contributed by atoms with Crippen molar-refractivity contribution in [1.82, 2.24) is 0 Å². The number of rotatable bonds is 3. The summed E-state index contributed by atoms with van der Waals surface area (Å²) < 4.78 is 6.79. The Kier molecular flexibility index (Phi) is 4.66. The monoisotopic (exact) mass is 402 g/mol. The van der Waals surface area contributed by atoms with Gasteiger partial charge in [-0.3, -0.25) is 4.79 Å². The summed E-state index contributed by atoms with van der Waals surface area (Å²) in [4.78, 5) is 12.4.